The number of hydrogen-bond acceptors (Lipinski definition) is 6. The summed E-state index contributed by atoms with van der Waals surface area (Å²) < 4.78 is 0. The van der Waals surface area contributed by atoms with E-state index in [2.05, 4.69) is 15.5 Å². The van der Waals surface area contributed by atoms with Crippen LogP contribution in [0.15, 0.2) is 24.3 Å². The maximum atomic E-state index is 13.1. The van der Waals surface area contributed by atoms with Gasteiger partial charge in [0, 0.05) is 43.0 Å². The first-order valence-corrected chi connectivity index (χ1v) is 13.3. The Hall–Kier alpha value is -2.49. The molecule has 1 aromatic rings. The molecule has 1 spiro atoms. The van der Waals surface area contributed by atoms with Gasteiger partial charge in [-0.05, 0) is 49.3 Å². The van der Waals surface area contributed by atoms with E-state index in [4.69, 9.17) is 11.6 Å². The zero-order valence-corrected chi connectivity index (χ0v) is 22.7. The topological polar surface area (TPSA) is 119 Å². The Balaban J connectivity index is 1.35. The zero-order valence-electron chi connectivity index (χ0n) is 21.9. The number of likely N-dealkylation sites (N-methyl/N-ethyl adjacent to an activating group) is 1. The fourth-order valence-corrected chi connectivity index (χ4v) is 6.49. The van der Waals surface area contributed by atoms with Crippen LogP contribution in [0, 0.1) is 17.3 Å². The van der Waals surface area contributed by atoms with Crippen LogP contribution in [0.2, 0.25) is 5.02 Å². The number of benzene rings is 1. The fraction of sp³-hybridized carbons (Fsp3) is 0.630. The molecule has 9 nitrogen and oxygen atoms in total. The van der Waals surface area contributed by atoms with Crippen LogP contribution >= 0.6 is 11.6 Å². The van der Waals surface area contributed by atoms with E-state index in [-0.39, 0.29) is 24.2 Å². The summed E-state index contributed by atoms with van der Waals surface area (Å²) >= 11 is 6.04. The number of halogens is 1. The molecule has 2 saturated heterocycles. The first kappa shape index (κ1) is 27.5. The summed E-state index contributed by atoms with van der Waals surface area (Å²) in [6.07, 6.45) is 2.44. The van der Waals surface area contributed by atoms with Gasteiger partial charge in [0.25, 0.3) is 5.91 Å². The highest BCUT2D eigenvalue weighted by atomic mass is 35.5. The molecule has 0 radical (unpaired) electrons. The summed E-state index contributed by atoms with van der Waals surface area (Å²) in [7, 11) is 1.57. The Morgan fingerprint density at radius 2 is 1.95 bits per heavy atom. The normalized spacial score (nSPS) is 31.3. The number of amides is 4. The molecule has 4 amide bonds. The third-order valence-corrected chi connectivity index (χ3v) is 9.17. The summed E-state index contributed by atoms with van der Waals surface area (Å²) in [5, 5.41) is 17.5. The maximum absolute atomic E-state index is 13.1. The number of rotatable bonds is 7. The Bertz CT molecular complexity index is 1080. The number of hydrogen-bond donors (Lipinski definition) is 3. The van der Waals surface area contributed by atoms with Crippen LogP contribution < -0.4 is 10.6 Å². The molecule has 3 aliphatic rings. The summed E-state index contributed by atoms with van der Waals surface area (Å²) in [5.41, 5.74) is -1.61. The van der Waals surface area contributed by atoms with Gasteiger partial charge in [-0.25, -0.2) is 4.79 Å². The molecule has 2 aliphatic heterocycles. The smallest absolute Gasteiger partial charge is 0.324 e. The van der Waals surface area contributed by atoms with Crippen molar-refractivity contribution < 1.29 is 24.3 Å². The molecule has 3 fully saturated rings. The molecule has 202 valence electrons. The molecule has 1 saturated carbocycles. The molecule has 0 aromatic heterocycles. The number of likely N-dealkylation sites (tertiary alicyclic amines) is 1. The lowest BCUT2D eigenvalue weighted by Gasteiger charge is -2.51. The second-order valence-electron chi connectivity index (χ2n) is 11.7. The number of carbonyl (C=O) groups is 4. The Kier molecular flexibility index (Phi) is 7.44. The zero-order chi connectivity index (χ0) is 27.2. The van der Waals surface area contributed by atoms with Crippen LogP contribution in [0.4, 0.5) is 4.79 Å². The van der Waals surface area contributed by atoms with Crippen molar-refractivity contribution in [3.63, 3.8) is 0 Å². The standard InChI is InChI=1S/C27H37ClN4O5/c1-17(14-32-12-11-27(37,25(2,3)16-32)19-5-7-20(28)8-6-19)21(15-33)29-22(34)18-9-10-26(13-18)23(35)30-24(36)31(26)4/h5-8,15,17-18,21,37H,9-14,16H2,1-4H3,(H,29,34)(H,30,35,36)/t17-,18+,21?,26?,27-/m0/s1. The van der Waals surface area contributed by atoms with E-state index >= 15 is 0 Å². The monoisotopic (exact) mass is 532 g/mol. The van der Waals surface area contributed by atoms with Gasteiger partial charge in [-0.1, -0.05) is 44.5 Å². The van der Waals surface area contributed by atoms with E-state index in [1.807, 2.05) is 32.9 Å². The Morgan fingerprint density at radius 3 is 2.51 bits per heavy atom. The molecule has 4 rings (SSSR count). The highest BCUT2D eigenvalue weighted by molar-refractivity contribution is 6.30. The number of imide groups is 1. The largest absolute Gasteiger partial charge is 0.385 e. The third kappa shape index (κ3) is 4.89. The second kappa shape index (κ2) is 10.0. The van der Waals surface area contributed by atoms with Crippen molar-refractivity contribution in [2.24, 2.45) is 17.3 Å². The fourth-order valence-electron chi connectivity index (χ4n) is 6.36. The molecule has 37 heavy (non-hydrogen) atoms. The van der Waals surface area contributed by atoms with Crippen LogP contribution in [0.25, 0.3) is 0 Å². The van der Waals surface area contributed by atoms with E-state index in [0.29, 0.717) is 43.9 Å². The van der Waals surface area contributed by atoms with E-state index in [9.17, 15) is 24.3 Å². The minimum absolute atomic E-state index is 0.159. The summed E-state index contributed by atoms with van der Waals surface area (Å²) in [5.74, 6) is -1.23. The van der Waals surface area contributed by atoms with Gasteiger partial charge in [0.05, 0.1) is 11.6 Å². The molecule has 2 heterocycles. The van der Waals surface area contributed by atoms with Gasteiger partial charge in [-0.15, -0.1) is 0 Å². The minimum Gasteiger partial charge on any atom is -0.385 e. The van der Waals surface area contributed by atoms with Gasteiger partial charge in [0.2, 0.25) is 5.91 Å². The number of urea groups is 1. The highest BCUT2D eigenvalue weighted by Crippen LogP contribution is 2.46. The van der Waals surface area contributed by atoms with E-state index in [1.165, 1.54) is 4.90 Å². The van der Waals surface area contributed by atoms with E-state index in [1.54, 1.807) is 19.2 Å². The lowest BCUT2D eigenvalue weighted by Crippen LogP contribution is -2.57. The van der Waals surface area contributed by atoms with Crippen LogP contribution in [0.5, 0.6) is 0 Å². The Morgan fingerprint density at radius 1 is 1.27 bits per heavy atom. The SMILES string of the molecule is C[C@@H](CN1CC[C@](O)(c2ccc(Cl)cc2)C(C)(C)C1)C(C=O)NC(=O)[C@@H]1CCC2(C1)C(=O)NC(=O)N2C. The van der Waals surface area contributed by atoms with E-state index in [0.717, 1.165) is 11.8 Å². The predicted octanol–water partition coefficient (Wildman–Crippen LogP) is 2.30. The lowest BCUT2D eigenvalue weighted by atomic mass is 9.66. The third-order valence-electron chi connectivity index (χ3n) is 8.92. The molecular weight excluding hydrogens is 496 g/mol. The Labute approximate surface area is 222 Å². The highest BCUT2D eigenvalue weighted by Gasteiger charge is 2.56. The number of aldehydes is 1. The number of nitrogens with one attached hydrogen (secondary N) is 2. The van der Waals surface area contributed by atoms with Gasteiger partial charge in [0.15, 0.2) is 0 Å². The average Bonchev–Trinajstić information content (AvgIpc) is 3.38. The molecule has 1 aliphatic carbocycles. The first-order valence-electron chi connectivity index (χ1n) is 12.9. The number of piperidine rings is 1. The van der Waals surface area contributed by atoms with Gasteiger partial charge < -0.3 is 25.0 Å². The van der Waals surface area contributed by atoms with Crippen molar-refractivity contribution in [1.29, 1.82) is 0 Å². The second-order valence-corrected chi connectivity index (χ2v) is 12.1. The number of carbonyl (C=O) groups excluding carboxylic acids is 4. The van der Waals surface area contributed by atoms with Crippen molar-refractivity contribution in [2.45, 2.75) is 63.6 Å². The van der Waals surface area contributed by atoms with Crippen molar-refractivity contribution in [3.05, 3.63) is 34.9 Å². The summed E-state index contributed by atoms with van der Waals surface area (Å²) in [6.45, 7) is 7.85. The van der Waals surface area contributed by atoms with Crippen molar-refractivity contribution in [1.82, 2.24) is 20.4 Å². The van der Waals surface area contributed by atoms with Gasteiger partial charge in [-0.2, -0.15) is 0 Å². The number of aliphatic hydroxyl groups is 1. The average molecular weight is 533 g/mol. The molecule has 1 aromatic carbocycles. The quantitative estimate of drug-likeness (QED) is 0.366. The van der Waals surface area contributed by atoms with Crippen molar-refractivity contribution in [2.75, 3.05) is 26.7 Å². The first-order chi connectivity index (χ1) is 17.3. The molecule has 10 heteroatoms. The van der Waals surface area contributed by atoms with Crippen LogP contribution in [0.3, 0.4) is 0 Å². The van der Waals surface area contributed by atoms with Gasteiger partial charge >= 0.3 is 6.03 Å². The van der Waals surface area contributed by atoms with Crippen molar-refractivity contribution >= 4 is 35.7 Å². The minimum atomic E-state index is -1.00. The molecule has 2 unspecified atom stereocenters. The van der Waals surface area contributed by atoms with Crippen LogP contribution in [-0.4, -0.2) is 77.3 Å². The summed E-state index contributed by atoms with van der Waals surface area (Å²) in [6, 6.07) is 6.20. The molecule has 3 N–H and O–H groups in total. The van der Waals surface area contributed by atoms with Crippen LogP contribution in [0.1, 0.15) is 52.0 Å². The summed E-state index contributed by atoms with van der Waals surface area (Å²) in [4.78, 5) is 53.0. The van der Waals surface area contributed by atoms with E-state index < -0.39 is 34.5 Å². The lowest BCUT2D eigenvalue weighted by molar-refractivity contribution is -0.131. The van der Waals surface area contributed by atoms with Gasteiger partial charge in [-0.3, -0.25) is 14.9 Å². The molecule has 0 bridgehead atoms. The van der Waals surface area contributed by atoms with Gasteiger partial charge in [0.1, 0.15) is 11.8 Å². The van der Waals surface area contributed by atoms with Crippen molar-refractivity contribution in [3.8, 4) is 0 Å². The molecule has 5 atom stereocenters. The number of nitrogens with zero attached hydrogens (tertiary/aromatic N) is 2. The maximum Gasteiger partial charge on any atom is 0.324 e. The van der Waals surface area contributed by atoms with Crippen LogP contribution in [-0.2, 0) is 20.0 Å². The molecular formula is C27H37ClN4O5. The predicted molar refractivity (Wildman–Crippen MR) is 139 cm³/mol.